The van der Waals surface area contributed by atoms with Gasteiger partial charge < -0.3 is 10.1 Å². The number of hydrogen-bond donors (Lipinski definition) is 2. The standard InChI is InChI=1S/C22H25FN2O6S/c1-4-20(27)24-16-11-9-15(10-12-16)18(26)13-31-22(28)21(14(2)3)25-32(29,30)19-8-6-5-7-17(19)23/h5-12,14,21,25H,4,13H2,1-3H3,(H,24,27)/t21-/m0/s1. The van der Waals surface area contributed by atoms with Gasteiger partial charge in [-0.2, -0.15) is 4.72 Å². The van der Waals surface area contributed by atoms with Crippen LogP contribution in [0, 0.1) is 11.7 Å². The minimum atomic E-state index is -4.33. The SMILES string of the molecule is CCC(=O)Nc1ccc(C(=O)COC(=O)[C@@H](NS(=O)(=O)c2ccccc2F)C(C)C)cc1. The Bertz CT molecular complexity index is 1080. The van der Waals surface area contributed by atoms with Crippen LogP contribution in [0.5, 0.6) is 0 Å². The van der Waals surface area contributed by atoms with E-state index in [9.17, 15) is 27.2 Å². The van der Waals surface area contributed by atoms with Crippen molar-refractivity contribution in [2.75, 3.05) is 11.9 Å². The van der Waals surface area contributed by atoms with Crippen LogP contribution in [-0.2, 0) is 24.3 Å². The number of amides is 1. The van der Waals surface area contributed by atoms with E-state index < -0.39 is 51.1 Å². The molecule has 0 aliphatic rings. The first-order valence-corrected chi connectivity index (χ1v) is 11.4. The minimum Gasteiger partial charge on any atom is -0.456 e. The highest BCUT2D eigenvalue weighted by molar-refractivity contribution is 7.89. The molecule has 2 N–H and O–H groups in total. The molecule has 1 amide bonds. The molecule has 2 rings (SSSR count). The summed E-state index contributed by atoms with van der Waals surface area (Å²) in [5, 5.41) is 2.65. The lowest BCUT2D eigenvalue weighted by Gasteiger charge is -2.20. The molecule has 0 heterocycles. The first kappa shape index (κ1) is 25.2. The summed E-state index contributed by atoms with van der Waals surface area (Å²) < 4.78 is 46.1. The van der Waals surface area contributed by atoms with Gasteiger partial charge in [-0.15, -0.1) is 0 Å². The minimum absolute atomic E-state index is 0.171. The zero-order valence-electron chi connectivity index (χ0n) is 17.9. The van der Waals surface area contributed by atoms with Crippen LogP contribution < -0.4 is 10.0 Å². The van der Waals surface area contributed by atoms with Crippen molar-refractivity contribution in [1.82, 2.24) is 4.72 Å². The van der Waals surface area contributed by atoms with Gasteiger partial charge >= 0.3 is 5.97 Å². The summed E-state index contributed by atoms with van der Waals surface area (Å²) in [6.45, 7) is 4.27. The number of sulfonamides is 1. The molecule has 1 atom stereocenters. The van der Waals surface area contributed by atoms with Gasteiger partial charge in [-0.3, -0.25) is 14.4 Å². The van der Waals surface area contributed by atoms with Crippen LogP contribution in [0.1, 0.15) is 37.6 Å². The van der Waals surface area contributed by atoms with Gasteiger partial charge in [0.2, 0.25) is 15.9 Å². The Morgan fingerprint density at radius 2 is 1.66 bits per heavy atom. The van der Waals surface area contributed by atoms with Crippen LogP contribution in [0.3, 0.4) is 0 Å². The fourth-order valence-corrected chi connectivity index (χ4v) is 4.06. The highest BCUT2D eigenvalue weighted by atomic mass is 32.2. The van der Waals surface area contributed by atoms with Crippen LogP contribution >= 0.6 is 0 Å². The maximum atomic E-state index is 13.9. The van der Waals surface area contributed by atoms with Crippen LogP contribution in [0.15, 0.2) is 53.4 Å². The monoisotopic (exact) mass is 464 g/mol. The van der Waals surface area contributed by atoms with Crippen molar-refractivity contribution in [3.05, 3.63) is 59.9 Å². The number of benzene rings is 2. The molecule has 0 radical (unpaired) electrons. The van der Waals surface area contributed by atoms with Gasteiger partial charge in [-0.25, -0.2) is 12.8 Å². The maximum Gasteiger partial charge on any atom is 0.324 e. The first-order chi connectivity index (χ1) is 15.0. The average Bonchev–Trinajstić information content (AvgIpc) is 2.76. The van der Waals surface area contributed by atoms with Crippen molar-refractivity contribution < 1.29 is 31.9 Å². The predicted octanol–water partition coefficient (Wildman–Crippen LogP) is 2.90. The lowest BCUT2D eigenvalue weighted by molar-refractivity contribution is -0.145. The Hall–Kier alpha value is -3.11. The smallest absolute Gasteiger partial charge is 0.324 e. The fourth-order valence-electron chi connectivity index (χ4n) is 2.65. The van der Waals surface area contributed by atoms with Gasteiger partial charge in [-0.05, 0) is 42.3 Å². The van der Waals surface area contributed by atoms with Gasteiger partial charge in [0.25, 0.3) is 0 Å². The predicted molar refractivity (Wildman–Crippen MR) is 116 cm³/mol. The van der Waals surface area contributed by atoms with Crippen LogP contribution in [-0.4, -0.2) is 38.7 Å². The van der Waals surface area contributed by atoms with E-state index in [1.807, 2.05) is 0 Å². The normalized spacial score (nSPS) is 12.3. The number of ether oxygens (including phenoxy) is 1. The molecule has 10 heteroatoms. The topological polar surface area (TPSA) is 119 Å². The zero-order chi connectivity index (χ0) is 23.9. The number of halogens is 1. The quantitative estimate of drug-likeness (QED) is 0.412. The van der Waals surface area contributed by atoms with E-state index in [2.05, 4.69) is 10.0 Å². The number of carbonyl (C=O) groups is 3. The molecule has 0 bridgehead atoms. The third-order valence-electron chi connectivity index (χ3n) is 4.49. The van der Waals surface area contributed by atoms with E-state index in [0.29, 0.717) is 12.1 Å². The molecule has 0 unspecified atom stereocenters. The Balaban J connectivity index is 2.03. The van der Waals surface area contributed by atoms with E-state index in [1.165, 1.54) is 24.3 Å². The summed E-state index contributed by atoms with van der Waals surface area (Å²) in [5.41, 5.74) is 0.771. The van der Waals surface area contributed by atoms with E-state index in [4.69, 9.17) is 4.74 Å². The molecule has 0 aromatic heterocycles. The van der Waals surface area contributed by atoms with Gasteiger partial charge in [0, 0.05) is 17.7 Å². The summed E-state index contributed by atoms with van der Waals surface area (Å²) in [7, 11) is -4.33. The molecule has 2 aromatic carbocycles. The van der Waals surface area contributed by atoms with E-state index >= 15 is 0 Å². The van der Waals surface area contributed by atoms with Crippen molar-refractivity contribution in [2.24, 2.45) is 5.92 Å². The molecule has 0 saturated carbocycles. The molecule has 0 saturated heterocycles. The third-order valence-corrected chi connectivity index (χ3v) is 5.96. The summed E-state index contributed by atoms with van der Waals surface area (Å²) in [6.07, 6.45) is 0.314. The number of nitrogens with one attached hydrogen (secondary N) is 2. The average molecular weight is 465 g/mol. The summed E-state index contributed by atoms with van der Waals surface area (Å²) in [6, 6.07) is 9.50. The molecule has 0 spiro atoms. The second-order valence-corrected chi connectivity index (χ2v) is 8.97. The Morgan fingerprint density at radius 3 is 2.22 bits per heavy atom. The summed E-state index contributed by atoms with van der Waals surface area (Å²) >= 11 is 0. The molecular weight excluding hydrogens is 439 g/mol. The van der Waals surface area contributed by atoms with Crippen molar-refractivity contribution in [1.29, 1.82) is 0 Å². The Labute approximate surface area is 186 Å². The van der Waals surface area contributed by atoms with Crippen molar-refractivity contribution in [2.45, 2.75) is 38.1 Å². The molecule has 2 aromatic rings. The largest absolute Gasteiger partial charge is 0.456 e. The van der Waals surface area contributed by atoms with E-state index in [1.54, 1.807) is 32.9 Å². The Morgan fingerprint density at radius 1 is 1.03 bits per heavy atom. The first-order valence-electron chi connectivity index (χ1n) is 9.91. The van der Waals surface area contributed by atoms with Gasteiger partial charge in [0.05, 0.1) is 0 Å². The highest BCUT2D eigenvalue weighted by Gasteiger charge is 2.31. The van der Waals surface area contributed by atoms with E-state index in [0.717, 1.165) is 12.1 Å². The van der Waals surface area contributed by atoms with Crippen LogP contribution in [0.2, 0.25) is 0 Å². The van der Waals surface area contributed by atoms with Crippen molar-refractivity contribution >= 4 is 33.4 Å². The van der Waals surface area contributed by atoms with Crippen LogP contribution in [0.25, 0.3) is 0 Å². The second kappa shape index (κ2) is 11.0. The third kappa shape index (κ3) is 6.69. The second-order valence-electron chi connectivity index (χ2n) is 7.28. The number of Topliss-reactive ketones (excluding diaryl/α,β-unsaturated/α-hetero) is 1. The van der Waals surface area contributed by atoms with Crippen molar-refractivity contribution in [3.63, 3.8) is 0 Å². The number of anilines is 1. The van der Waals surface area contributed by atoms with Crippen LogP contribution in [0.4, 0.5) is 10.1 Å². The number of carbonyl (C=O) groups excluding carboxylic acids is 3. The van der Waals surface area contributed by atoms with E-state index in [-0.39, 0.29) is 11.5 Å². The highest BCUT2D eigenvalue weighted by Crippen LogP contribution is 2.16. The zero-order valence-corrected chi connectivity index (χ0v) is 18.7. The summed E-state index contributed by atoms with van der Waals surface area (Å²) in [4.78, 5) is 35.6. The number of ketones is 1. The molecule has 32 heavy (non-hydrogen) atoms. The number of rotatable bonds is 10. The number of hydrogen-bond acceptors (Lipinski definition) is 6. The fraction of sp³-hybridized carbons (Fsp3) is 0.318. The lowest BCUT2D eigenvalue weighted by Crippen LogP contribution is -2.45. The van der Waals surface area contributed by atoms with Crippen molar-refractivity contribution in [3.8, 4) is 0 Å². The maximum absolute atomic E-state index is 13.9. The molecule has 0 aliphatic carbocycles. The van der Waals surface area contributed by atoms with Gasteiger partial charge in [0.1, 0.15) is 16.8 Å². The molecule has 0 aliphatic heterocycles. The molecule has 172 valence electrons. The van der Waals surface area contributed by atoms with Gasteiger partial charge in [-0.1, -0.05) is 32.9 Å². The Kier molecular flexibility index (Phi) is 8.62. The summed E-state index contributed by atoms with van der Waals surface area (Å²) in [5.74, 6) is -3.12. The molecule has 0 fully saturated rings. The van der Waals surface area contributed by atoms with Gasteiger partial charge in [0.15, 0.2) is 12.4 Å². The lowest BCUT2D eigenvalue weighted by atomic mass is 10.1. The number of esters is 1. The molecule has 8 nitrogen and oxygen atoms in total. The molecular formula is C22H25FN2O6S.